The van der Waals surface area contributed by atoms with Crippen molar-refractivity contribution in [2.24, 2.45) is 5.92 Å². The number of rotatable bonds is 6. The van der Waals surface area contributed by atoms with Crippen molar-refractivity contribution < 1.29 is 19.1 Å². The lowest BCUT2D eigenvalue weighted by molar-refractivity contribution is -0.139. The van der Waals surface area contributed by atoms with E-state index in [1.54, 1.807) is 16.8 Å². The molecule has 1 atom stereocenters. The van der Waals surface area contributed by atoms with E-state index in [2.05, 4.69) is 10.4 Å². The summed E-state index contributed by atoms with van der Waals surface area (Å²) in [6, 6.07) is 4.97. The van der Waals surface area contributed by atoms with Crippen molar-refractivity contribution in [3.8, 4) is 5.69 Å². The molecule has 1 heterocycles. The molecule has 1 aliphatic carbocycles. The van der Waals surface area contributed by atoms with E-state index in [9.17, 15) is 19.1 Å². The quantitative estimate of drug-likeness (QED) is 0.831. The molecule has 138 valence electrons. The zero-order chi connectivity index (χ0) is 18.8. The third-order valence-corrected chi connectivity index (χ3v) is 4.53. The van der Waals surface area contributed by atoms with E-state index >= 15 is 0 Å². The number of carboxylic acid groups (broad SMARTS) is 1. The number of halogens is 1. The Morgan fingerprint density at radius 3 is 2.58 bits per heavy atom. The van der Waals surface area contributed by atoms with Crippen LogP contribution >= 0.6 is 0 Å². The second-order valence-electron chi connectivity index (χ2n) is 7.01. The minimum atomic E-state index is -1.05. The van der Waals surface area contributed by atoms with Gasteiger partial charge in [-0.2, -0.15) is 5.10 Å². The zero-order valence-corrected chi connectivity index (χ0v) is 14.8. The molecule has 0 radical (unpaired) electrons. The monoisotopic (exact) mass is 359 g/mol. The fraction of sp³-hybridized carbons (Fsp3) is 0.421. The number of amides is 1. The van der Waals surface area contributed by atoms with Gasteiger partial charge in [-0.05, 0) is 55.9 Å². The van der Waals surface area contributed by atoms with Gasteiger partial charge in [0.15, 0.2) is 5.69 Å². The Labute approximate surface area is 151 Å². The van der Waals surface area contributed by atoms with Gasteiger partial charge in [-0.1, -0.05) is 13.8 Å². The summed E-state index contributed by atoms with van der Waals surface area (Å²) in [5.74, 6) is -1.73. The van der Waals surface area contributed by atoms with Gasteiger partial charge in [0.25, 0.3) is 5.91 Å². The number of hydrogen-bond acceptors (Lipinski definition) is 3. The molecule has 26 heavy (non-hydrogen) atoms. The van der Waals surface area contributed by atoms with Gasteiger partial charge >= 0.3 is 5.97 Å². The molecule has 3 rings (SSSR count). The van der Waals surface area contributed by atoms with Crippen molar-refractivity contribution in [2.75, 3.05) is 0 Å². The van der Waals surface area contributed by atoms with Crippen LogP contribution in [-0.2, 0) is 17.6 Å². The predicted octanol–water partition coefficient (Wildman–Crippen LogP) is 2.73. The molecule has 1 aliphatic rings. The highest BCUT2D eigenvalue weighted by Crippen LogP contribution is 2.28. The second-order valence-corrected chi connectivity index (χ2v) is 7.01. The first kappa shape index (κ1) is 18.1. The molecule has 0 bridgehead atoms. The summed E-state index contributed by atoms with van der Waals surface area (Å²) in [5, 5.41) is 16.4. The van der Waals surface area contributed by atoms with Crippen LogP contribution in [0.15, 0.2) is 24.3 Å². The molecule has 7 heteroatoms. The number of nitrogens with zero attached hydrogens (tertiary/aromatic N) is 2. The van der Waals surface area contributed by atoms with Gasteiger partial charge in [0.1, 0.15) is 11.9 Å². The van der Waals surface area contributed by atoms with Crippen molar-refractivity contribution in [3.05, 3.63) is 47.0 Å². The standard InChI is InChI=1S/C19H22FN3O3/c1-11(2)10-15(19(25)26)21-18(24)17-14-4-3-5-16(14)23(22-17)13-8-6-12(20)7-9-13/h6-9,11,15H,3-5,10H2,1-2H3,(H,21,24)(H,25,26)/t15-/m1/s1. The average molecular weight is 359 g/mol. The zero-order valence-electron chi connectivity index (χ0n) is 14.8. The number of carbonyl (C=O) groups is 2. The van der Waals surface area contributed by atoms with E-state index in [-0.39, 0.29) is 17.4 Å². The first-order valence-corrected chi connectivity index (χ1v) is 8.77. The van der Waals surface area contributed by atoms with E-state index in [0.29, 0.717) is 12.1 Å². The summed E-state index contributed by atoms with van der Waals surface area (Å²) in [6.07, 6.45) is 2.76. The summed E-state index contributed by atoms with van der Waals surface area (Å²) >= 11 is 0. The smallest absolute Gasteiger partial charge is 0.326 e. The highest BCUT2D eigenvalue weighted by atomic mass is 19.1. The van der Waals surface area contributed by atoms with Crippen molar-refractivity contribution in [2.45, 2.75) is 45.6 Å². The molecule has 0 spiro atoms. The lowest BCUT2D eigenvalue weighted by atomic mass is 10.0. The van der Waals surface area contributed by atoms with Gasteiger partial charge < -0.3 is 10.4 Å². The molecule has 6 nitrogen and oxygen atoms in total. The Bertz CT molecular complexity index is 827. The van der Waals surface area contributed by atoms with Crippen LogP contribution in [0.4, 0.5) is 4.39 Å². The Morgan fingerprint density at radius 1 is 1.27 bits per heavy atom. The first-order chi connectivity index (χ1) is 12.4. The highest BCUT2D eigenvalue weighted by molar-refractivity contribution is 5.96. The maximum absolute atomic E-state index is 13.2. The van der Waals surface area contributed by atoms with Crippen molar-refractivity contribution in [1.29, 1.82) is 0 Å². The molecule has 1 aromatic heterocycles. The van der Waals surface area contributed by atoms with Crippen molar-refractivity contribution in [1.82, 2.24) is 15.1 Å². The van der Waals surface area contributed by atoms with Gasteiger partial charge in [0.05, 0.1) is 5.69 Å². The lowest BCUT2D eigenvalue weighted by Crippen LogP contribution is -2.42. The van der Waals surface area contributed by atoms with E-state index in [1.807, 2.05) is 13.8 Å². The van der Waals surface area contributed by atoms with Crippen LogP contribution in [0.5, 0.6) is 0 Å². The SMILES string of the molecule is CC(C)C[C@@H](NC(=O)c1nn(-c2ccc(F)cc2)c2c1CCC2)C(=O)O. The Balaban J connectivity index is 1.91. The van der Waals surface area contributed by atoms with Crippen LogP contribution in [0.25, 0.3) is 5.69 Å². The highest BCUT2D eigenvalue weighted by Gasteiger charge is 2.29. The number of fused-ring (bicyclic) bond motifs is 1. The molecular formula is C19H22FN3O3. The number of carbonyl (C=O) groups excluding carboxylic acids is 1. The molecule has 0 unspecified atom stereocenters. The summed E-state index contributed by atoms with van der Waals surface area (Å²) < 4.78 is 14.8. The van der Waals surface area contributed by atoms with E-state index in [1.165, 1.54) is 12.1 Å². The lowest BCUT2D eigenvalue weighted by Gasteiger charge is -2.16. The van der Waals surface area contributed by atoms with Crippen LogP contribution < -0.4 is 5.32 Å². The van der Waals surface area contributed by atoms with Crippen molar-refractivity contribution >= 4 is 11.9 Å². The summed E-state index contributed by atoms with van der Waals surface area (Å²) in [7, 11) is 0. The molecule has 0 aliphatic heterocycles. The van der Waals surface area contributed by atoms with Crippen LogP contribution in [0.3, 0.4) is 0 Å². The third-order valence-electron chi connectivity index (χ3n) is 4.53. The molecular weight excluding hydrogens is 337 g/mol. The number of carboxylic acids is 1. The molecule has 1 amide bonds. The number of hydrogen-bond donors (Lipinski definition) is 2. The molecule has 0 saturated heterocycles. The summed E-state index contributed by atoms with van der Waals surface area (Å²) in [6.45, 7) is 3.81. The van der Waals surface area contributed by atoms with Crippen molar-refractivity contribution in [3.63, 3.8) is 0 Å². The van der Waals surface area contributed by atoms with Crippen LogP contribution in [0, 0.1) is 11.7 Å². The van der Waals surface area contributed by atoms with Crippen LogP contribution in [0.2, 0.25) is 0 Å². The Morgan fingerprint density at radius 2 is 1.96 bits per heavy atom. The molecule has 0 saturated carbocycles. The number of aliphatic carboxylic acids is 1. The fourth-order valence-corrected chi connectivity index (χ4v) is 3.34. The topological polar surface area (TPSA) is 84.2 Å². The van der Waals surface area contributed by atoms with E-state index < -0.39 is 17.9 Å². The van der Waals surface area contributed by atoms with Gasteiger partial charge in [-0.3, -0.25) is 4.79 Å². The van der Waals surface area contributed by atoms with Gasteiger partial charge in [0.2, 0.25) is 0 Å². The number of nitrogens with one attached hydrogen (secondary N) is 1. The minimum Gasteiger partial charge on any atom is -0.480 e. The molecule has 2 aromatic rings. The second kappa shape index (κ2) is 7.27. The predicted molar refractivity (Wildman–Crippen MR) is 93.9 cm³/mol. The number of aromatic nitrogens is 2. The maximum Gasteiger partial charge on any atom is 0.326 e. The molecule has 1 aromatic carbocycles. The van der Waals surface area contributed by atoms with E-state index in [4.69, 9.17) is 0 Å². The minimum absolute atomic E-state index is 0.138. The average Bonchev–Trinajstić information content (AvgIpc) is 3.16. The Kier molecular flexibility index (Phi) is 5.06. The summed E-state index contributed by atoms with van der Waals surface area (Å²) in [5.41, 5.74) is 2.72. The molecule has 0 fully saturated rings. The molecule has 2 N–H and O–H groups in total. The number of benzene rings is 1. The van der Waals surface area contributed by atoms with Gasteiger partial charge in [0, 0.05) is 11.3 Å². The normalized spacial score (nSPS) is 14.3. The first-order valence-electron chi connectivity index (χ1n) is 8.77. The van der Waals surface area contributed by atoms with E-state index in [0.717, 1.165) is 30.5 Å². The Hall–Kier alpha value is -2.70. The van der Waals surface area contributed by atoms with Crippen LogP contribution in [0.1, 0.15) is 48.4 Å². The van der Waals surface area contributed by atoms with Gasteiger partial charge in [-0.25, -0.2) is 13.9 Å². The van der Waals surface area contributed by atoms with Gasteiger partial charge in [-0.15, -0.1) is 0 Å². The third kappa shape index (κ3) is 3.61. The van der Waals surface area contributed by atoms with Crippen LogP contribution in [-0.4, -0.2) is 32.8 Å². The summed E-state index contributed by atoms with van der Waals surface area (Å²) in [4.78, 5) is 24.1. The fourth-order valence-electron chi connectivity index (χ4n) is 3.34. The largest absolute Gasteiger partial charge is 0.480 e. The maximum atomic E-state index is 13.2.